The molecule has 2 aromatic rings. The Balaban J connectivity index is 2.22. The van der Waals surface area contributed by atoms with E-state index in [9.17, 15) is 4.39 Å². The van der Waals surface area contributed by atoms with Crippen LogP contribution < -0.4 is 0 Å². The Morgan fingerprint density at radius 2 is 2.05 bits per heavy atom. The van der Waals surface area contributed by atoms with Crippen LogP contribution in [0.2, 0.25) is 0 Å². The number of hydrogen-bond donors (Lipinski definition) is 0. The third-order valence-corrected chi connectivity index (χ3v) is 4.06. The average Bonchev–Trinajstić information content (AvgIpc) is 2.76. The van der Waals surface area contributed by atoms with Crippen LogP contribution in [0.4, 0.5) is 4.39 Å². The van der Waals surface area contributed by atoms with Gasteiger partial charge in [-0.1, -0.05) is 0 Å². The van der Waals surface area contributed by atoms with Gasteiger partial charge in [-0.15, -0.1) is 11.6 Å². The summed E-state index contributed by atoms with van der Waals surface area (Å²) in [5, 5.41) is -0.191. The molecule has 0 fully saturated rings. The molecule has 0 aliphatic heterocycles. The fourth-order valence-corrected chi connectivity index (χ4v) is 2.56. The van der Waals surface area contributed by atoms with Crippen LogP contribution in [0.5, 0.6) is 0 Å². The Hall–Kier alpha value is -1.13. The quantitative estimate of drug-likeness (QED) is 0.745. The number of halogens is 2. The lowest BCUT2D eigenvalue weighted by Gasteiger charge is -2.21. The third-order valence-electron chi connectivity index (χ3n) is 3.87. The number of benzene rings is 1. The maximum atomic E-state index is 13.3. The van der Waals surface area contributed by atoms with Gasteiger partial charge >= 0.3 is 0 Å². The highest BCUT2D eigenvalue weighted by Crippen LogP contribution is 2.25. The van der Waals surface area contributed by atoms with Gasteiger partial charge in [0.2, 0.25) is 0 Å². The Morgan fingerprint density at radius 3 is 2.67 bits per heavy atom. The Labute approximate surface area is 130 Å². The van der Waals surface area contributed by atoms with E-state index >= 15 is 0 Å². The van der Waals surface area contributed by atoms with Crippen LogP contribution in [-0.2, 0) is 6.54 Å². The van der Waals surface area contributed by atoms with Gasteiger partial charge in [0.15, 0.2) is 0 Å². The number of aromatic nitrogens is 2. The minimum absolute atomic E-state index is 0.191. The molecule has 0 bridgehead atoms. The molecular weight excluding hydrogens is 289 g/mol. The maximum absolute atomic E-state index is 13.3. The summed E-state index contributed by atoms with van der Waals surface area (Å²) in [6.45, 7) is 8.11. The van der Waals surface area contributed by atoms with Crippen molar-refractivity contribution >= 4 is 22.6 Å². The summed E-state index contributed by atoms with van der Waals surface area (Å²) in [7, 11) is 2.12. The minimum atomic E-state index is -0.263. The molecule has 1 heterocycles. The monoisotopic (exact) mass is 311 g/mol. The van der Waals surface area contributed by atoms with Crippen LogP contribution >= 0.6 is 11.6 Å². The molecule has 1 aromatic carbocycles. The van der Waals surface area contributed by atoms with Crippen molar-refractivity contribution < 1.29 is 4.39 Å². The van der Waals surface area contributed by atoms with E-state index in [-0.39, 0.29) is 11.2 Å². The van der Waals surface area contributed by atoms with Gasteiger partial charge in [0.05, 0.1) is 16.4 Å². The van der Waals surface area contributed by atoms with Gasteiger partial charge in [-0.3, -0.25) is 0 Å². The zero-order valence-corrected chi connectivity index (χ0v) is 13.9. The van der Waals surface area contributed by atoms with Crippen molar-refractivity contribution in [1.82, 2.24) is 14.5 Å². The van der Waals surface area contributed by atoms with Crippen LogP contribution in [0.25, 0.3) is 11.0 Å². The highest BCUT2D eigenvalue weighted by molar-refractivity contribution is 6.20. The van der Waals surface area contributed by atoms with Crippen LogP contribution in [0.15, 0.2) is 18.2 Å². The predicted octanol–water partition coefficient (Wildman–Crippen LogP) is 4.21. The van der Waals surface area contributed by atoms with E-state index in [4.69, 9.17) is 11.6 Å². The van der Waals surface area contributed by atoms with Gasteiger partial charge in [0, 0.05) is 18.7 Å². The second-order valence-electron chi connectivity index (χ2n) is 5.80. The van der Waals surface area contributed by atoms with E-state index in [2.05, 4.69) is 35.3 Å². The van der Waals surface area contributed by atoms with Crippen LogP contribution in [-0.4, -0.2) is 34.1 Å². The van der Waals surface area contributed by atoms with Crippen molar-refractivity contribution in [2.24, 2.45) is 0 Å². The number of aryl methyl sites for hydroxylation is 1. The van der Waals surface area contributed by atoms with E-state index in [1.54, 1.807) is 6.07 Å². The second kappa shape index (κ2) is 6.75. The Bertz CT molecular complexity index is 607. The lowest BCUT2D eigenvalue weighted by Crippen LogP contribution is -2.28. The number of nitrogens with zero attached hydrogens (tertiary/aromatic N) is 3. The molecule has 0 aliphatic carbocycles. The summed E-state index contributed by atoms with van der Waals surface area (Å²) in [4.78, 5) is 6.79. The highest BCUT2D eigenvalue weighted by atomic mass is 35.5. The normalized spacial score (nSPS) is 13.5. The highest BCUT2D eigenvalue weighted by Gasteiger charge is 2.15. The minimum Gasteiger partial charge on any atom is -0.327 e. The molecule has 0 radical (unpaired) electrons. The van der Waals surface area contributed by atoms with Crippen LogP contribution in [0.3, 0.4) is 0 Å². The number of imidazole rings is 1. The van der Waals surface area contributed by atoms with E-state index in [0.29, 0.717) is 11.6 Å². The van der Waals surface area contributed by atoms with E-state index in [1.807, 2.05) is 6.92 Å². The number of rotatable bonds is 6. The average molecular weight is 312 g/mol. The fourth-order valence-electron chi connectivity index (χ4n) is 2.40. The molecule has 21 heavy (non-hydrogen) atoms. The molecule has 0 saturated carbocycles. The van der Waals surface area contributed by atoms with Gasteiger partial charge in [-0.05, 0) is 52.9 Å². The summed E-state index contributed by atoms with van der Waals surface area (Å²) in [6.07, 6.45) is 1.01. The molecule has 0 saturated heterocycles. The zero-order chi connectivity index (χ0) is 15.6. The first-order valence-electron chi connectivity index (χ1n) is 7.40. The molecule has 0 aliphatic rings. The molecule has 1 aromatic heterocycles. The third kappa shape index (κ3) is 3.74. The smallest absolute Gasteiger partial charge is 0.127 e. The van der Waals surface area contributed by atoms with Crippen molar-refractivity contribution in [3.05, 3.63) is 29.8 Å². The first-order chi connectivity index (χ1) is 9.90. The van der Waals surface area contributed by atoms with Gasteiger partial charge in [-0.25, -0.2) is 9.37 Å². The molecule has 2 rings (SSSR count). The largest absolute Gasteiger partial charge is 0.327 e. The van der Waals surface area contributed by atoms with Crippen molar-refractivity contribution in [3.8, 4) is 0 Å². The van der Waals surface area contributed by atoms with Gasteiger partial charge < -0.3 is 9.47 Å². The zero-order valence-electron chi connectivity index (χ0n) is 13.1. The van der Waals surface area contributed by atoms with Gasteiger partial charge in [0.1, 0.15) is 11.6 Å². The standard InChI is InChI=1S/C16H23ClFN3/c1-11(2)20(4)8-5-9-21-15-7-6-13(18)10-14(15)19-16(21)12(3)17/h6-7,10-12H,5,8-9H2,1-4H3. The summed E-state index contributed by atoms with van der Waals surface area (Å²) in [5.41, 5.74) is 1.63. The first-order valence-corrected chi connectivity index (χ1v) is 7.83. The first kappa shape index (κ1) is 16.2. The predicted molar refractivity (Wildman–Crippen MR) is 86.3 cm³/mol. The summed E-state index contributed by atoms with van der Waals surface area (Å²) in [6, 6.07) is 5.26. The lowest BCUT2D eigenvalue weighted by atomic mass is 10.3. The van der Waals surface area contributed by atoms with E-state index in [0.717, 1.165) is 30.9 Å². The van der Waals surface area contributed by atoms with Crippen molar-refractivity contribution in [1.29, 1.82) is 0 Å². The molecule has 0 spiro atoms. The number of hydrogen-bond acceptors (Lipinski definition) is 2. The van der Waals surface area contributed by atoms with Crippen molar-refractivity contribution in [3.63, 3.8) is 0 Å². The van der Waals surface area contributed by atoms with Gasteiger partial charge in [0.25, 0.3) is 0 Å². The topological polar surface area (TPSA) is 21.1 Å². The molecule has 0 N–H and O–H groups in total. The van der Waals surface area contributed by atoms with Gasteiger partial charge in [-0.2, -0.15) is 0 Å². The fraction of sp³-hybridized carbons (Fsp3) is 0.562. The summed E-state index contributed by atoms with van der Waals surface area (Å²) >= 11 is 6.22. The van der Waals surface area contributed by atoms with E-state index < -0.39 is 0 Å². The summed E-state index contributed by atoms with van der Waals surface area (Å²) in [5.74, 6) is 0.546. The Kier molecular flexibility index (Phi) is 5.22. The molecule has 0 amide bonds. The molecule has 3 nitrogen and oxygen atoms in total. The molecule has 1 unspecified atom stereocenters. The molecule has 5 heteroatoms. The molecule has 116 valence electrons. The maximum Gasteiger partial charge on any atom is 0.127 e. The Morgan fingerprint density at radius 1 is 1.33 bits per heavy atom. The molecular formula is C16H23ClFN3. The number of alkyl halides is 1. The van der Waals surface area contributed by atoms with Crippen molar-refractivity contribution in [2.75, 3.05) is 13.6 Å². The van der Waals surface area contributed by atoms with E-state index in [1.165, 1.54) is 12.1 Å². The second-order valence-corrected chi connectivity index (χ2v) is 6.45. The van der Waals surface area contributed by atoms with Crippen molar-refractivity contribution in [2.45, 2.75) is 45.2 Å². The lowest BCUT2D eigenvalue weighted by molar-refractivity contribution is 0.265. The van der Waals surface area contributed by atoms with Crippen LogP contribution in [0, 0.1) is 5.82 Å². The van der Waals surface area contributed by atoms with Crippen LogP contribution in [0.1, 0.15) is 38.4 Å². The summed E-state index contributed by atoms with van der Waals surface area (Å²) < 4.78 is 15.4. The number of fused-ring (bicyclic) bond motifs is 1. The SMILES string of the molecule is CC(Cl)c1nc2cc(F)ccc2n1CCCN(C)C(C)C. The molecule has 1 atom stereocenters.